The van der Waals surface area contributed by atoms with Gasteiger partial charge in [-0.1, -0.05) is 25.4 Å². The van der Waals surface area contributed by atoms with Gasteiger partial charge in [-0.05, 0) is 43.2 Å². The van der Waals surface area contributed by atoms with E-state index in [1.807, 2.05) is 11.0 Å². The lowest BCUT2D eigenvalue weighted by molar-refractivity contribution is 0.0749. The van der Waals surface area contributed by atoms with Crippen LogP contribution in [0.5, 0.6) is 5.75 Å². The van der Waals surface area contributed by atoms with Crippen molar-refractivity contribution in [3.63, 3.8) is 0 Å². The minimum absolute atomic E-state index is 0.0319. The number of methoxy groups -OCH3 is 1. The molecular weight excluding hydrogens is 338 g/mol. The highest BCUT2D eigenvalue weighted by atomic mass is 35.5. The molecule has 0 bridgehead atoms. The summed E-state index contributed by atoms with van der Waals surface area (Å²) < 4.78 is 5.32. The summed E-state index contributed by atoms with van der Waals surface area (Å²) >= 11 is 6.04. The molecule has 1 amide bonds. The van der Waals surface area contributed by atoms with Gasteiger partial charge >= 0.3 is 0 Å². The fourth-order valence-corrected chi connectivity index (χ4v) is 2.72. The van der Waals surface area contributed by atoms with Gasteiger partial charge in [0.1, 0.15) is 11.4 Å². The van der Waals surface area contributed by atoms with Crippen LogP contribution in [0.3, 0.4) is 0 Å². The number of hydrogen-bond donors (Lipinski definition) is 1. The minimum Gasteiger partial charge on any atom is -0.495 e. The van der Waals surface area contributed by atoms with Crippen molar-refractivity contribution in [3.8, 4) is 5.75 Å². The zero-order valence-corrected chi connectivity index (χ0v) is 15.6. The third-order valence-corrected chi connectivity index (χ3v) is 3.93. The molecule has 0 aliphatic rings. The number of benzene rings is 1. The molecule has 6 heteroatoms. The summed E-state index contributed by atoms with van der Waals surface area (Å²) in [5, 5.41) is 3.82. The Labute approximate surface area is 154 Å². The third kappa shape index (κ3) is 5.10. The number of carbonyl (C=O) groups is 1. The van der Waals surface area contributed by atoms with E-state index in [0.717, 1.165) is 37.3 Å². The Morgan fingerprint density at radius 1 is 1.20 bits per heavy atom. The van der Waals surface area contributed by atoms with Gasteiger partial charge in [-0.15, -0.1) is 0 Å². The molecular formula is C19H24ClN3O2. The fraction of sp³-hybridized carbons (Fsp3) is 0.368. The molecule has 0 unspecified atom stereocenters. The lowest BCUT2D eigenvalue weighted by Crippen LogP contribution is -2.33. The number of hydrogen-bond acceptors (Lipinski definition) is 4. The number of pyridine rings is 1. The lowest BCUT2D eigenvalue weighted by Gasteiger charge is -2.21. The molecule has 1 heterocycles. The van der Waals surface area contributed by atoms with Crippen molar-refractivity contribution in [2.75, 3.05) is 25.5 Å². The highest BCUT2D eigenvalue weighted by Gasteiger charge is 2.15. The van der Waals surface area contributed by atoms with E-state index in [9.17, 15) is 4.79 Å². The molecule has 0 aliphatic heterocycles. The van der Waals surface area contributed by atoms with Gasteiger partial charge in [0.25, 0.3) is 5.91 Å². The van der Waals surface area contributed by atoms with Gasteiger partial charge in [0.05, 0.1) is 24.7 Å². The number of ether oxygens (including phenoxy) is 1. The number of anilines is 2. The van der Waals surface area contributed by atoms with Crippen LogP contribution in [-0.2, 0) is 0 Å². The molecule has 0 saturated carbocycles. The molecule has 2 aromatic rings. The molecule has 0 atom stereocenters. The quantitative estimate of drug-likeness (QED) is 0.737. The van der Waals surface area contributed by atoms with Crippen molar-refractivity contribution in [1.29, 1.82) is 0 Å². The number of nitrogens with one attached hydrogen (secondary N) is 1. The van der Waals surface area contributed by atoms with E-state index in [1.165, 1.54) is 0 Å². The van der Waals surface area contributed by atoms with Crippen LogP contribution >= 0.6 is 11.6 Å². The summed E-state index contributed by atoms with van der Waals surface area (Å²) in [5.41, 5.74) is 1.95. The Hall–Kier alpha value is -2.27. The number of halogens is 1. The molecule has 0 aliphatic carbocycles. The third-order valence-electron chi connectivity index (χ3n) is 3.70. The summed E-state index contributed by atoms with van der Waals surface area (Å²) in [5.74, 6) is 0.650. The first-order chi connectivity index (χ1) is 12.1. The highest BCUT2D eigenvalue weighted by molar-refractivity contribution is 6.31. The Bertz CT molecular complexity index is 698. The first-order valence-electron chi connectivity index (χ1n) is 8.44. The maximum atomic E-state index is 12.5. The van der Waals surface area contributed by atoms with Crippen molar-refractivity contribution in [3.05, 3.63) is 47.2 Å². The van der Waals surface area contributed by atoms with E-state index in [-0.39, 0.29) is 5.91 Å². The summed E-state index contributed by atoms with van der Waals surface area (Å²) in [4.78, 5) is 18.7. The number of rotatable bonds is 8. The second-order valence-electron chi connectivity index (χ2n) is 5.69. The first-order valence-corrected chi connectivity index (χ1v) is 8.82. The fourth-order valence-electron chi connectivity index (χ4n) is 2.54. The second kappa shape index (κ2) is 9.28. The molecule has 0 spiro atoms. The zero-order valence-electron chi connectivity index (χ0n) is 14.9. The summed E-state index contributed by atoms with van der Waals surface area (Å²) in [6, 6.07) is 8.91. The van der Waals surface area contributed by atoms with E-state index >= 15 is 0 Å². The lowest BCUT2D eigenvalue weighted by atomic mass is 10.2. The summed E-state index contributed by atoms with van der Waals surface area (Å²) in [6.07, 6.45) is 3.50. The predicted molar refractivity (Wildman–Crippen MR) is 102 cm³/mol. The maximum absolute atomic E-state index is 12.5. The molecule has 0 fully saturated rings. The number of carbonyl (C=O) groups excluding carboxylic acids is 1. The monoisotopic (exact) mass is 361 g/mol. The van der Waals surface area contributed by atoms with Gasteiger partial charge in [-0.25, -0.2) is 4.98 Å². The standard InChI is InChI=1S/C19H24ClN3O2/c1-4-10-23(11-5-2)19(24)16-8-7-15(13-21-16)22-17-12-14(20)6-9-18(17)25-3/h6-9,12-13,22H,4-5,10-11H2,1-3H3. The van der Waals surface area contributed by atoms with Gasteiger partial charge < -0.3 is 15.0 Å². The van der Waals surface area contributed by atoms with Gasteiger partial charge in [0, 0.05) is 18.1 Å². The molecule has 0 saturated heterocycles. The topological polar surface area (TPSA) is 54.5 Å². The average Bonchev–Trinajstić information content (AvgIpc) is 2.62. The van der Waals surface area contributed by atoms with Crippen LogP contribution in [0.25, 0.3) is 0 Å². The average molecular weight is 362 g/mol. The van der Waals surface area contributed by atoms with Gasteiger partial charge in [-0.2, -0.15) is 0 Å². The van der Waals surface area contributed by atoms with Crippen LogP contribution in [0.15, 0.2) is 36.5 Å². The normalized spacial score (nSPS) is 10.4. The van der Waals surface area contributed by atoms with Crippen molar-refractivity contribution in [2.45, 2.75) is 26.7 Å². The first kappa shape index (κ1) is 19.1. The van der Waals surface area contributed by atoms with E-state index in [0.29, 0.717) is 16.5 Å². The zero-order chi connectivity index (χ0) is 18.2. The number of aromatic nitrogens is 1. The van der Waals surface area contributed by atoms with Gasteiger partial charge in [0.2, 0.25) is 0 Å². The van der Waals surface area contributed by atoms with Crippen LogP contribution in [0, 0.1) is 0 Å². The van der Waals surface area contributed by atoms with Crippen LogP contribution < -0.4 is 10.1 Å². The van der Waals surface area contributed by atoms with Crippen LogP contribution in [0.4, 0.5) is 11.4 Å². The van der Waals surface area contributed by atoms with E-state index in [1.54, 1.807) is 37.6 Å². The van der Waals surface area contributed by atoms with Crippen LogP contribution in [0.1, 0.15) is 37.2 Å². The number of nitrogens with zero attached hydrogens (tertiary/aromatic N) is 2. The molecule has 5 nitrogen and oxygen atoms in total. The molecule has 0 radical (unpaired) electrons. The van der Waals surface area contributed by atoms with Crippen LogP contribution in [0.2, 0.25) is 5.02 Å². The molecule has 2 rings (SSSR count). The smallest absolute Gasteiger partial charge is 0.272 e. The molecule has 134 valence electrons. The Morgan fingerprint density at radius 2 is 1.92 bits per heavy atom. The predicted octanol–water partition coefficient (Wildman–Crippen LogP) is 4.75. The van der Waals surface area contributed by atoms with E-state index in [2.05, 4.69) is 24.1 Å². The summed E-state index contributed by atoms with van der Waals surface area (Å²) in [7, 11) is 1.60. The molecule has 1 N–H and O–H groups in total. The molecule has 1 aromatic carbocycles. The van der Waals surface area contributed by atoms with Crippen molar-refractivity contribution < 1.29 is 9.53 Å². The van der Waals surface area contributed by atoms with Gasteiger partial charge in [0.15, 0.2) is 0 Å². The maximum Gasteiger partial charge on any atom is 0.272 e. The summed E-state index contributed by atoms with van der Waals surface area (Å²) in [6.45, 7) is 5.62. The Kier molecular flexibility index (Phi) is 7.07. The highest BCUT2D eigenvalue weighted by Crippen LogP contribution is 2.30. The van der Waals surface area contributed by atoms with Crippen molar-refractivity contribution in [2.24, 2.45) is 0 Å². The van der Waals surface area contributed by atoms with Crippen molar-refractivity contribution >= 4 is 28.9 Å². The van der Waals surface area contributed by atoms with E-state index in [4.69, 9.17) is 16.3 Å². The minimum atomic E-state index is -0.0319. The van der Waals surface area contributed by atoms with E-state index < -0.39 is 0 Å². The molecule has 25 heavy (non-hydrogen) atoms. The largest absolute Gasteiger partial charge is 0.495 e. The van der Waals surface area contributed by atoms with Crippen LogP contribution in [-0.4, -0.2) is 36.0 Å². The van der Waals surface area contributed by atoms with Crippen molar-refractivity contribution in [1.82, 2.24) is 9.88 Å². The molecule has 1 aromatic heterocycles. The van der Waals surface area contributed by atoms with Gasteiger partial charge in [-0.3, -0.25) is 4.79 Å². The number of amides is 1. The SMILES string of the molecule is CCCN(CCC)C(=O)c1ccc(Nc2cc(Cl)ccc2OC)cn1. The Balaban J connectivity index is 2.14. The Morgan fingerprint density at radius 3 is 2.48 bits per heavy atom. The second-order valence-corrected chi connectivity index (χ2v) is 6.13.